The smallest absolute Gasteiger partial charge is 0.257 e. The third-order valence-corrected chi connectivity index (χ3v) is 3.96. The Kier molecular flexibility index (Phi) is 3.56. The highest BCUT2D eigenvalue weighted by molar-refractivity contribution is 7.14. The minimum Gasteiger partial charge on any atom is -0.319 e. The number of aromatic nitrogens is 1. The summed E-state index contributed by atoms with van der Waals surface area (Å²) in [6, 6.07) is 1.84. The molecule has 4 N–H and O–H groups in total. The fraction of sp³-hybridized carbons (Fsp3) is 0.231. The first kappa shape index (κ1) is 13.9. The lowest BCUT2D eigenvalue weighted by atomic mass is 10.1. The SMILES string of the molecule is NNc1c(F)cc(C(=O)Nc2nc(C3CC3)cs2)cc1F. The van der Waals surface area contributed by atoms with Crippen LogP contribution in [0, 0.1) is 11.6 Å². The number of hydrogen-bond acceptors (Lipinski definition) is 5. The number of hydrazine groups is 1. The predicted molar refractivity (Wildman–Crippen MR) is 76.2 cm³/mol. The molecule has 1 saturated carbocycles. The van der Waals surface area contributed by atoms with E-state index in [2.05, 4.69) is 10.3 Å². The van der Waals surface area contributed by atoms with Crippen LogP contribution in [0.5, 0.6) is 0 Å². The highest BCUT2D eigenvalue weighted by Gasteiger charge is 2.26. The van der Waals surface area contributed by atoms with E-state index in [1.807, 2.05) is 10.8 Å². The molecule has 5 nitrogen and oxygen atoms in total. The van der Waals surface area contributed by atoms with Crippen LogP contribution in [0.2, 0.25) is 0 Å². The number of hydrogen-bond donors (Lipinski definition) is 3. The Hall–Kier alpha value is -2.06. The Labute approximate surface area is 123 Å². The van der Waals surface area contributed by atoms with Gasteiger partial charge < -0.3 is 5.43 Å². The van der Waals surface area contributed by atoms with Crippen molar-refractivity contribution >= 4 is 28.1 Å². The monoisotopic (exact) mass is 310 g/mol. The molecule has 0 bridgehead atoms. The van der Waals surface area contributed by atoms with E-state index >= 15 is 0 Å². The topological polar surface area (TPSA) is 80.0 Å². The van der Waals surface area contributed by atoms with Crippen molar-refractivity contribution in [3.63, 3.8) is 0 Å². The molecule has 110 valence electrons. The number of carbonyl (C=O) groups excluding carboxylic acids is 1. The molecule has 0 atom stereocenters. The summed E-state index contributed by atoms with van der Waals surface area (Å²) < 4.78 is 27.1. The normalized spacial score (nSPS) is 14.0. The van der Waals surface area contributed by atoms with Crippen LogP contribution in [0.3, 0.4) is 0 Å². The van der Waals surface area contributed by atoms with Crippen LogP contribution in [0.4, 0.5) is 19.6 Å². The first-order valence-electron chi connectivity index (χ1n) is 6.31. The van der Waals surface area contributed by atoms with E-state index in [1.54, 1.807) is 0 Å². The number of thiazole rings is 1. The van der Waals surface area contributed by atoms with Gasteiger partial charge in [0.1, 0.15) is 5.69 Å². The van der Waals surface area contributed by atoms with Crippen LogP contribution >= 0.6 is 11.3 Å². The van der Waals surface area contributed by atoms with Gasteiger partial charge in [-0.05, 0) is 25.0 Å². The van der Waals surface area contributed by atoms with Crippen molar-refractivity contribution in [1.29, 1.82) is 0 Å². The second-order valence-corrected chi connectivity index (χ2v) is 5.62. The second-order valence-electron chi connectivity index (χ2n) is 4.77. The molecular formula is C13H12F2N4OS. The molecule has 1 aromatic heterocycles. The number of nitrogens with zero attached hydrogens (tertiary/aromatic N) is 1. The van der Waals surface area contributed by atoms with E-state index in [0.29, 0.717) is 11.0 Å². The second kappa shape index (κ2) is 5.38. The molecule has 0 saturated heterocycles. The van der Waals surface area contributed by atoms with E-state index in [1.165, 1.54) is 11.3 Å². The van der Waals surface area contributed by atoms with E-state index in [-0.39, 0.29) is 5.56 Å². The summed E-state index contributed by atoms with van der Waals surface area (Å²) in [6.45, 7) is 0. The summed E-state index contributed by atoms with van der Waals surface area (Å²) in [6.07, 6.45) is 2.22. The predicted octanol–water partition coefficient (Wildman–Crippen LogP) is 2.84. The quantitative estimate of drug-likeness (QED) is 0.599. The number of rotatable bonds is 4. The third-order valence-electron chi connectivity index (χ3n) is 3.19. The molecule has 1 fully saturated rings. The Morgan fingerprint density at radius 1 is 1.33 bits per heavy atom. The molecule has 21 heavy (non-hydrogen) atoms. The molecule has 1 aliphatic carbocycles. The standard InChI is InChI=1S/C13H12F2N4OS/c14-8-3-7(4-9(15)11(8)19-16)12(20)18-13-17-10(5-21-13)6-1-2-6/h3-6,19H,1-2,16H2,(H,17,18,20). The first-order valence-corrected chi connectivity index (χ1v) is 7.19. The van der Waals surface area contributed by atoms with Crippen LogP contribution in [-0.2, 0) is 0 Å². The van der Waals surface area contributed by atoms with Crippen molar-refractivity contribution < 1.29 is 13.6 Å². The zero-order chi connectivity index (χ0) is 15.0. The highest BCUT2D eigenvalue weighted by Crippen LogP contribution is 2.40. The largest absolute Gasteiger partial charge is 0.319 e. The van der Waals surface area contributed by atoms with Crippen LogP contribution in [-0.4, -0.2) is 10.9 Å². The van der Waals surface area contributed by atoms with E-state index in [9.17, 15) is 13.6 Å². The van der Waals surface area contributed by atoms with Gasteiger partial charge in [-0.1, -0.05) is 0 Å². The molecule has 3 rings (SSSR count). The third kappa shape index (κ3) is 2.86. The van der Waals surface area contributed by atoms with Crippen LogP contribution in [0.25, 0.3) is 0 Å². The van der Waals surface area contributed by atoms with Crippen LogP contribution in [0.15, 0.2) is 17.5 Å². The number of nitrogens with two attached hydrogens (primary N) is 1. The molecule has 0 unspecified atom stereocenters. The zero-order valence-corrected chi connectivity index (χ0v) is 11.6. The van der Waals surface area contributed by atoms with E-state index in [4.69, 9.17) is 5.84 Å². The fourth-order valence-corrected chi connectivity index (χ4v) is 2.71. The summed E-state index contributed by atoms with van der Waals surface area (Å²) in [5, 5.41) is 4.84. The van der Waals surface area contributed by atoms with E-state index < -0.39 is 23.2 Å². The lowest BCUT2D eigenvalue weighted by molar-refractivity contribution is 0.102. The van der Waals surface area contributed by atoms with Crippen molar-refractivity contribution in [2.24, 2.45) is 5.84 Å². The van der Waals surface area contributed by atoms with Gasteiger partial charge in [0.25, 0.3) is 5.91 Å². The molecule has 8 heteroatoms. The fourth-order valence-electron chi connectivity index (χ4n) is 1.92. The summed E-state index contributed by atoms with van der Waals surface area (Å²) >= 11 is 1.29. The number of benzene rings is 1. The molecule has 2 aromatic rings. The maximum atomic E-state index is 13.6. The number of nitrogen functional groups attached to an aromatic ring is 1. The minimum atomic E-state index is -0.930. The zero-order valence-electron chi connectivity index (χ0n) is 10.8. The van der Waals surface area contributed by atoms with Crippen molar-refractivity contribution in [1.82, 2.24) is 4.98 Å². The molecule has 1 aromatic carbocycles. The Bertz CT molecular complexity index is 676. The molecule has 0 spiro atoms. The van der Waals surface area contributed by atoms with Gasteiger partial charge in [0.05, 0.1) is 5.69 Å². The van der Waals surface area contributed by atoms with Crippen LogP contribution in [0.1, 0.15) is 34.8 Å². The van der Waals surface area contributed by atoms with Gasteiger partial charge in [0, 0.05) is 16.9 Å². The molecular weight excluding hydrogens is 298 g/mol. The van der Waals surface area contributed by atoms with Gasteiger partial charge in [-0.3, -0.25) is 16.0 Å². The van der Waals surface area contributed by atoms with E-state index in [0.717, 1.165) is 30.7 Å². The molecule has 1 heterocycles. The van der Waals surface area contributed by atoms with Gasteiger partial charge in [-0.25, -0.2) is 13.8 Å². The number of amides is 1. The molecule has 1 aliphatic rings. The maximum absolute atomic E-state index is 13.6. The van der Waals surface area contributed by atoms with Crippen molar-refractivity contribution in [3.8, 4) is 0 Å². The summed E-state index contributed by atoms with van der Waals surface area (Å²) in [5.74, 6) is 3.00. The van der Waals surface area contributed by atoms with Gasteiger partial charge >= 0.3 is 0 Å². The average Bonchev–Trinajstić information content (AvgIpc) is 3.19. The van der Waals surface area contributed by atoms with Gasteiger partial charge in [0.2, 0.25) is 0 Å². The first-order chi connectivity index (χ1) is 10.1. The van der Waals surface area contributed by atoms with Gasteiger partial charge in [-0.2, -0.15) is 0 Å². The molecule has 0 radical (unpaired) electrons. The Balaban J connectivity index is 1.78. The lowest BCUT2D eigenvalue weighted by Gasteiger charge is -2.07. The lowest BCUT2D eigenvalue weighted by Crippen LogP contribution is -2.15. The number of halogens is 2. The van der Waals surface area contributed by atoms with Crippen LogP contribution < -0.4 is 16.6 Å². The molecule has 1 amide bonds. The maximum Gasteiger partial charge on any atom is 0.257 e. The number of anilines is 2. The van der Waals surface area contributed by atoms with Crippen molar-refractivity contribution in [2.75, 3.05) is 10.7 Å². The van der Waals surface area contributed by atoms with Gasteiger partial charge in [-0.15, -0.1) is 11.3 Å². The summed E-state index contributed by atoms with van der Waals surface area (Å²) in [7, 11) is 0. The Morgan fingerprint density at radius 2 is 2.00 bits per heavy atom. The Morgan fingerprint density at radius 3 is 2.57 bits per heavy atom. The number of nitrogens with one attached hydrogen (secondary N) is 2. The summed E-state index contributed by atoms with van der Waals surface area (Å²) in [5.41, 5.74) is 2.26. The van der Waals surface area contributed by atoms with Crippen molar-refractivity contribution in [2.45, 2.75) is 18.8 Å². The highest BCUT2D eigenvalue weighted by atomic mass is 32.1. The summed E-state index contributed by atoms with van der Waals surface area (Å²) in [4.78, 5) is 16.3. The molecule has 0 aliphatic heterocycles. The van der Waals surface area contributed by atoms with Gasteiger partial charge in [0.15, 0.2) is 16.8 Å². The minimum absolute atomic E-state index is 0.132. The van der Waals surface area contributed by atoms with Crippen molar-refractivity contribution in [3.05, 3.63) is 40.4 Å². The average molecular weight is 310 g/mol. The number of carbonyl (C=O) groups is 1.